The molecule has 1 aromatic rings. The molecule has 0 bridgehead atoms. The highest BCUT2D eigenvalue weighted by Gasteiger charge is 2.29. The van der Waals surface area contributed by atoms with E-state index >= 15 is 0 Å². The van der Waals surface area contributed by atoms with Crippen LogP contribution in [0.3, 0.4) is 0 Å². The average molecular weight is 277 g/mol. The number of pyridine rings is 1. The second kappa shape index (κ2) is 6.10. The van der Waals surface area contributed by atoms with E-state index in [0.717, 1.165) is 13.2 Å². The summed E-state index contributed by atoms with van der Waals surface area (Å²) >= 11 is 0. The van der Waals surface area contributed by atoms with Crippen molar-refractivity contribution in [3.63, 3.8) is 0 Å². The number of hydrogen-bond acceptors (Lipinski definition) is 4. The topological polar surface area (TPSA) is 37.4 Å². The van der Waals surface area contributed by atoms with Crippen molar-refractivity contribution in [3.8, 4) is 0 Å². The van der Waals surface area contributed by atoms with E-state index in [9.17, 15) is 0 Å². The van der Waals surface area contributed by atoms with Crippen molar-refractivity contribution in [1.82, 2.24) is 9.88 Å². The number of ether oxygens (including phenoxy) is 1. The molecule has 1 N–H and O–H groups in total. The highest BCUT2D eigenvalue weighted by atomic mass is 16.5. The molecule has 4 heteroatoms. The van der Waals surface area contributed by atoms with Crippen LogP contribution in [-0.4, -0.2) is 48.3 Å². The van der Waals surface area contributed by atoms with Crippen molar-refractivity contribution < 1.29 is 6.16 Å². The summed E-state index contributed by atoms with van der Waals surface area (Å²) in [7, 11) is 0. The first-order chi connectivity index (χ1) is 9.72. The summed E-state index contributed by atoms with van der Waals surface area (Å²) in [6, 6.07) is 3.50. The van der Waals surface area contributed by atoms with Gasteiger partial charge in [-0.3, -0.25) is 9.88 Å². The third kappa shape index (κ3) is 3.13. The van der Waals surface area contributed by atoms with Gasteiger partial charge < -0.3 is 10.1 Å². The molecule has 4 nitrogen and oxygen atoms in total. The summed E-state index contributed by atoms with van der Waals surface area (Å²) in [5.41, 5.74) is 2.47. The van der Waals surface area contributed by atoms with Crippen molar-refractivity contribution in [2.75, 3.05) is 31.6 Å². The fraction of sp³-hybridized carbons (Fsp3) is 0.688. The van der Waals surface area contributed by atoms with Gasteiger partial charge in [0.25, 0.3) is 0 Å². The van der Waals surface area contributed by atoms with Crippen LogP contribution in [0.5, 0.6) is 0 Å². The lowest BCUT2D eigenvalue weighted by Crippen LogP contribution is -2.53. The van der Waals surface area contributed by atoms with Gasteiger partial charge in [0.1, 0.15) is 0 Å². The number of rotatable bonds is 4. The predicted octanol–water partition coefficient (Wildman–Crippen LogP) is 2.73. The van der Waals surface area contributed by atoms with Crippen LogP contribution in [0.25, 0.3) is 0 Å². The van der Waals surface area contributed by atoms with Crippen molar-refractivity contribution in [2.24, 2.45) is 0 Å². The summed E-state index contributed by atoms with van der Waals surface area (Å²) < 4.78 is 5.28. The smallest absolute Gasteiger partial charge is 0.0645 e. The molecule has 0 amide bonds. The Bertz CT molecular complexity index is 443. The summed E-state index contributed by atoms with van der Waals surface area (Å²) in [6.45, 7) is 8.64. The van der Waals surface area contributed by atoms with Gasteiger partial charge >= 0.3 is 0 Å². The van der Waals surface area contributed by atoms with Gasteiger partial charge in [0.2, 0.25) is 0 Å². The number of anilines is 1. The Hall–Kier alpha value is -1.13. The summed E-state index contributed by atoms with van der Waals surface area (Å²) in [6.07, 6.45) is 6.33. The van der Waals surface area contributed by atoms with E-state index in [0.29, 0.717) is 18.0 Å². The molecule has 2 aliphatic heterocycles. The molecule has 2 saturated heterocycles. The van der Waals surface area contributed by atoms with E-state index in [1.165, 1.54) is 37.2 Å². The molecule has 0 radical (unpaired) electrons. The number of nitrogens with zero attached hydrogens (tertiary/aromatic N) is 2. The van der Waals surface area contributed by atoms with Crippen molar-refractivity contribution in [3.05, 3.63) is 24.0 Å². The Morgan fingerprint density at radius 1 is 1.30 bits per heavy atom. The minimum absolute atomic E-state index is 0. The van der Waals surface area contributed by atoms with Gasteiger partial charge in [0.05, 0.1) is 24.9 Å². The van der Waals surface area contributed by atoms with Crippen LogP contribution in [0.4, 0.5) is 5.69 Å². The van der Waals surface area contributed by atoms with Gasteiger partial charge in [-0.15, -0.1) is 0 Å². The molecule has 0 unspecified atom stereocenters. The lowest BCUT2D eigenvalue weighted by atomic mass is 10.0. The van der Waals surface area contributed by atoms with E-state index in [-0.39, 0.29) is 1.43 Å². The third-order valence-electron chi connectivity index (χ3n) is 4.46. The molecule has 0 saturated carbocycles. The maximum atomic E-state index is 5.28. The van der Waals surface area contributed by atoms with E-state index in [1.807, 2.05) is 12.4 Å². The van der Waals surface area contributed by atoms with Gasteiger partial charge in [-0.1, -0.05) is 13.8 Å². The monoisotopic (exact) mass is 277 g/mol. The number of nitrogens with one attached hydrogen (secondary N) is 1. The van der Waals surface area contributed by atoms with Crippen molar-refractivity contribution in [1.29, 1.82) is 0 Å². The molecular weight excluding hydrogens is 250 g/mol. The zero-order valence-corrected chi connectivity index (χ0v) is 12.5. The molecule has 3 rings (SSSR count). The average Bonchev–Trinajstić information content (AvgIpc) is 2.39. The second-order valence-corrected chi connectivity index (χ2v) is 6.31. The largest absolute Gasteiger partial charge is 0.381 e. The summed E-state index contributed by atoms with van der Waals surface area (Å²) in [5.74, 6) is 0.532. The maximum absolute atomic E-state index is 5.28. The van der Waals surface area contributed by atoms with E-state index in [2.05, 4.69) is 35.1 Å². The first-order valence-corrected chi connectivity index (χ1v) is 7.75. The van der Waals surface area contributed by atoms with Crippen LogP contribution >= 0.6 is 0 Å². The second-order valence-electron chi connectivity index (χ2n) is 6.31. The molecule has 0 spiro atoms. The zero-order chi connectivity index (χ0) is 13.9. The van der Waals surface area contributed by atoms with Crippen LogP contribution in [-0.2, 0) is 4.74 Å². The Labute approximate surface area is 123 Å². The van der Waals surface area contributed by atoms with Crippen molar-refractivity contribution >= 4 is 5.69 Å². The number of aromatic nitrogens is 1. The molecule has 2 fully saturated rings. The minimum atomic E-state index is 0. The lowest BCUT2D eigenvalue weighted by molar-refractivity contribution is -0.0705. The molecule has 20 heavy (non-hydrogen) atoms. The van der Waals surface area contributed by atoms with Crippen LogP contribution in [0, 0.1) is 0 Å². The predicted molar refractivity (Wildman–Crippen MR) is 83.3 cm³/mol. The molecule has 3 heterocycles. The molecule has 1 aromatic heterocycles. The highest BCUT2D eigenvalue weighted by Crippen LogP contribution is 2.22. The standard InChI is InChI=1S/C16H25N3O.H2/c1-12(2)13-7-15(9-17-8-13)18-14-3-5-19(6-4-14)16-10-20-11-16;/h7-9,12,14,16,18H,3-6,10-11H2,1-2H3;1H. The Balaban J connectivity index is 0.00000161. The minimum Gasteiger partial charge on any atom is -0.381 e. The maximum Gasteiger partial charge on any atom is 0.0645 e. The van der Waals surface area contributed by atoms with Gasteiger partial charge in [-0.25, -0.2) is 0 Å². The normalized spacial score (nSPS) is 21.9. The number of hydrogen-bond donors (Lipinski definition) is 1. The van der Waals surface area contributed by atoms with Crippen LogP contribution < -0.4 is 5.32 Å². The zero-order valence-electron chi connectivity index (χ0n) is 12.5. The lowest BCUT2D eigenvalue weighted by Gasteiger charge is -2.41. The fourth-order valence-corrected chi connectivity index (χ4v) is 2.93. The Kier molecular flexibility index (Phi) is 4.22. The first-order valence-electron chi connectivity index (χ1n) is 7.75. The molecule has 2 aliphatic rings. The Morgan fingerprint density at radius 2 is 2.05 bits per heavy atom. The third-order valence-corrected chi connectivity index (χ3v) is 4.46. The van der Waals surface area contributed by atoms with Gasteiger partial charge in [0, 0.05) is 33.0 Å². The van der Waals surface area contributed by atoms with Crippen LogP contribution in [0.1, 0.15) is 39.6 Å². The molecule has 0 atom stereocenters. The van der Waals surface area contributed by atoms with E-state index < -0.39 is 0 Å². The first kappa shape index (κ1) is 13.8. The molecule has 112 valence electrons. The molecular formula is C16H27N3O. The van der Waals surface area contributed by atoms with Crippen molar-refractivity contribution in [2.45, 2.75) is 44.7 Å². The SMILES string of the molecule is CC(C)c1cncc(NC2CCN(C3COC3)CC2)c1.[HH]. The summed E-state index contributed by atoms with van der Waals surface area (Å²) in [5, 5.41) is 3.65. The van der Waals surface area contributed by atoms with E-state index in [1.54, 1.807) is 0 Å². The van der Waals surface area contributed by atoms with Gasteiger partial charge in [-0.05, 0) is 30.4 Å². The van der Waals surface area contributed by atoms with E-state index in [4.69, 9.17) is 4.74 Å². The van der Waals surface area contributed by atoms with Gasteiger partial charge in [0.15, 0.2) is 0 Å². The van der Waals surface area contributed by atoms with Crippen LogP contribution in [0.15, 0.2) is 18.5 Å². The Morgan fingerprint density at radius 3 is 2.65 bits per heavy atom. The van der Waals surface area contributed by atoms with Gasteiger partial charge in [-0.2, -0.15) is 0 Å². The summed E-state index contributed by atoms with van der Waals surface area (Å²) in [4.78, 5) is 6.92. The quantitative estimate of drug-likeness (QED) is 0.918. The highest BCUT2D eigenvalue weighted by molar-refractivity contribution is 5.44. The van der Waals surface area contributed by atoms with Crippen LogP contribution in [0.2, 0.25) is 0 Å². The molecule has 0 aliphatic carbocycles. The molecule has 0 aromatic carbocycles. The number of piperidine rings is 1. The fourth-order valence-electron chi connectivity index (χ4n) is 2.93. The number of likely N-dealkylation sites (tertiary alicyclic amines) is 1.